The van der Waals surface area contributed by atoms with Crippen molar-refractivity contribution in [3.8, 4) is 0 Å². The number of anilines is 2. The van der Waals surface area contributed by atoms with Crippen molar-refractivity contribution in [2.24, 2.45) is 17.8 Å². The number of nitrogens with one attached hydrogen (secondary N) is 2. The van der Waals surface area contributed by atoms with Gasteiger partial charge in [-0.15, -0.1) is 0 Å². The second-order valence-corrected chi connectivity index (χ2v) is 7.92. The van der Waals surface area contributed by atoms with Gasteiger partial charge in [0, 0.05) is 19.2 Å². The Morgan fingerprint density at radius 1 is 1.20 bits per heavy atom. The van der Waals surface area contributed by atoms with Gasteiger partial charge in [-0.25, -0.2) is 9.97 Å². The monoisotopic (exact) mass is 347 g/mol. The van der Waals surface area contributed by atoms with Gasteiger partial charge in [0.05, 0.1) is 11.5 Å². The van der Waals surface area contributed by atoms with Crippen LogP contribution in [0.15, 0.2) is 6.33 Å². The van der Waals surface area contributed by atoms with Gasteiger partial charge in [0.15, 0.2) is 0 Å². The van der Waals surface area contributed by atoms with E-state index in [0.717, 1.165) is 37.0 Å². The Morgan fingerprint density at radius 3 is 2.36 bits per heavy atom. The molecule has 4 aliphatic carbocycles. The summed E-state index contributed by atoms with van der Waals surface area (Å²) in [7, 11) is 1.59. The summed E-state index contributed by atoms with van der Waals surface area (Å²) in [6.45, 7) is 0.921. The normalized spacial score (nSPS) is 32.6. The molecule has 0 unspecified atom stereocenters. The highest BCUT2D eigenvalue weighted by Gasteiger charge is 2.51. The van der Waals surface area contributed by atoms with Crippen molar-refractivity contribution in [2.75, 3.05) is 30.9 Å². The predicted octanol–water partition coefficient (Wildman–Crippen LogP) is 2.82. The molecule has 25 heavy (non-hydrogen) atoms. The number of nitro groups is 1. The zero-order valence-electron chi connectivity index (χ0n) is 14.5. The molecule has 8 nitrogen and oxygen atoms in total. The van der Waals surface area contributed by atoms with Crippen molar-refractivity contribution in [1.29, 1.82) is 0 Å². The third-order valence-electron chi connectivity index (χ3n) is 6.03. The zero-order valence-corrected chi connectivity index (χ0v) is 14.5. The standard InChI is InChI=1S/C17H25N5O3/c1-25-3-2-18-15-14(22(23)24)16(20-10-19-15)21-17-7-11-4-12(8-17)6-13(5-11)9-17/h10-13H,2-9H2,1H3,(H2,18,19,20,21). The summed E-state index contributed by atoms with van der Waals surface area (Å²) < 4.78 is 4.99. The van der Waals surface area contributed by atoms with Crippen LogP contribution in [0.25, 0.3) is 0 Å². The second-order valence-electron chi connectivity index (χ2n) is 7.92. The maximum absolute atomic E-state index is 11.7. The lowest BCUT2D eigenvalue weighted by atomic mass is 9.53. The van der Waals surface area contributed by atoms with Gasteiger partial charge in [0.1, 0.15) is 6.33 Å². The molecule has 0 amide bonds. The number of hydrogen-bond donors (Lipinski definition) is 2. The van der Waals surface area contributed by atoms with E-state index in [0.29, 0.717) is 19.0 Å². The Balaban J connectivity index is 1.59. The minimum Gasteiger partial charge on any atom is -0.383 e. The number of hydrogen-bond acceptors (Lipinski definition) is 7. The van der Waals surface area contributed by atoms with Crippen LogP contribution >= 0.6 is 0 Å². The lowest BCUT2D eigenvalue weighted by molar-refractivity contribution is -0.383. The third kappa shape index (κ3) is 3.15. The zero-order chi connectivity index (χ0) is 17.4. The van der Waals surface area contributed by atoms with E-state index in [-0.39, 0.29) is 17.0 Å². The molecule has 136 valence electrons. The molecule has 8 heteroatoms. The fourth-order valence-corrected chi connectivity index (χ4v) is 5.56. The Kier molecular flexibility index (Phi) is 4.23. The highest BCUT2D eigenvalue weighted by molar-refractivity contribution is 5.70. The van der Waals surface area contributed by atoms with E-state index in [1.807, 2.05) is 0 Å². The smallest absolute Gasteiger partial charge is 0.353 e. The minimum atomic E-state index is -0.391. The van der Waals surface area contributed by atoms with Crippen LogP contribution in [0.1, 0.15) is 38.5 Å². The van der Waals surface area contributed by atoms with Crippen LogP contribution in [0.4, 0.5) is 17.3 Å². The quantitative estimate of drug-likeness (QED) is 0.444. The SMILES string of the molecule is COCCNc1ncnc(NC23CC4CC(CC(C4)C2)C3)c1[N+](=O)[O-]. The van der Waals surface area contributed by atoms with Gasteiger partial charge < -0.3 is 15.4 Å². The van der Waals surface area contributed by atoms with Crippen molar-refractivity contribution in [3.63, 3.8) is 0 Å². The molecule has 0 saturated heterocycles. The van der Waals surface area contributed by atoms with Crippen LogP contribution in [-0.2, 0) is 4.74 Å². The largest absolute Gasteiger partial charge is 0.383 e. The summed E-state index contributed by atoms with van der Waals surface area (Å²) in [6.07, 6.45) is 8.70. The summed E-state index contributed by atoms with van der Waals surface area (Å²) >= 11 is 0. The van der Waals surface area contributed by atoms with Crippen LogP contribution in [0, 0.1) is 27.9 Å². The lowest BCUT2D eigenvalue weighted by Crippen LogP contribution is -2.55. The van der Waals surface area contributed by atoms with E-state index in [4.69, 9.17) is 4.74 Å². The molecule has 0 aliphatic heterocycles. The topological polar surface area (TPSA) is 102 Å². The number of methoxy groups -OCH3 is 1. The molecular weight excluding hydrogens is 322 g/mol. The summed E-state index contributed by atoms with van der Waals surface area (Å²) in [5.41, 5.74) is -0.0909. The highest BCUT2D eigenvalue weighted by atomic mass is 16.6. The van der Waals surface area contributed by atoms with Crippen molar-refractivity contribution < 1.29 is 9.66 Å². The van der Waals surface area contributed by atoms with Gasteiger partial charge in [-0.2, -0.15) is 0 Å². The molecule has 0 radical (unpaired) electrons. The molecule has 0 aromatic carbocycles. The molecule has 4 bridgehead atoms. The fraction of sp³-hybridized carbons (Fsp3) is 0.765. The minimum absolute atomic E-state index is 0.0301. The van der Waals surface area contributed by atoms with Gasteiger partial charge in [-0.05, 0) is 56.3 Å². The van der Waals surface area contributed by atoms with E-state index in [1.54, 1.807) is 7.11 Å². The van der Waals surface area contributed by atoms with Crippen LogP contribution in [-0.4, -0.2) is 40.7 Å². The first-order valence-corrected chi connectivity index (χ1v) is 9.09. The molecule has 4 saturated carbocycles. The molecule has 2 N–H and O–H groups in total. The van der Waals surface area contributed by atoms with E-state index in [9.17, 15) is 10.1 Å². The van der Waals surface area contributed by atoms with Crippen molar-refractivity contribution in [1.82, 2.24) is 9.97 Å². The van der Waals surface area contributed by atoms with Gasteiger partial charge in [-0.3, -0.25) is 10.1 Å². The van der Waals surface area contributed by atoms with Crippen LogP contribution in [0.2, 0.25) is 0 Å². The van der Waals surface area contributed by atoms with Crippen LogP contribution in [0.3, 0.4) is 0 Å². The summed E-state index contributed by atoms with van der Waals surface area (Å²) in [5.74, 6) is 2.89. The van der Waals surface area contributed by atoms with E-state index < -0.39 is 4.92 Å². The van der Waals surface area contributed by atoms with Crippen molar-refractivity contribution in [2.45, 2.75) is 44.1 Å². The molecular formula is C17H25N5O3. The lowest BCUT2D eigenvalue weighted by Gasteiger charge is -2.57. The van der Waals surface area contributed by atoms with Crippen LogP contribution in [0.5, 0.6) is 0 Å². The number of nitrogens with zero attached hydrogens (tertiary/aromatic N) is 3. The average molecular weight is 347 g/mol. The highest BCUT2D eigenvalue weighted by Crippen LogP contribution is 2.56. The third-order valence-corrected chi connectivity index (χ3v) is 6.03. The van der Waals surface area contributed by atoms with E-state index >= 15 is 0 Å². The molecule has 4 fully saturated rings. The van der Waals surface area contributed by atoms with Gasteiger partial charge in [-0.1, -0.05) is 0 Å². The Bertz CT molecular complexity index is 630. The summed E-state index contributed by atoms with van der Waals surface area (Å²) in [4.78, 5) is 19.6. The molecule has 1 aromatic rings. The molecule has 0 atom stereocenters. The van der Waals surface area contributed by atoms with Crippen molar-refractivity contribution >= 4 is 17.3 Å². The van der Waals surface area contributed by atoms with Crippen molar-refractivity contribution in [3.05, 3.63) is 16.4 Å². The van der Waals surface area contributed by atoms with Gasteiger partial charge >= 0.3 is 5.69 Å². The van der Waals surface area contributed by atoms with Gasteiger partial charge in [0.25, 0.3) is 0 Å². The van der Waals surface area contributed by atoms with E-state index in [1.165, 1.54) is 25.6 Å². The average Bonchev–Trinajstić information content (AvgIpc) is 2.53. The second kappa shape index (κ2) is 6.40. The maximum atomic E-state index is 11.7. The maximum Gasteiger partial charge on any atom is 0.353 e. The molecule has 0 spiro atoms. The fourth-order valence-electron chi connectivity index (χ4n) is 5.56. The Hall–Kier alpha value is -1.96. The Morgan fingerprint density at radius 2 is 1.80 bits per heavy atom. The van der Waals surface area contributed by atoms with Gasteiger partial charge in [0.2, 0.25) is 11.6 Å². The first kappa shape index (κ1) is 16.5. The number of ether oxygens (including phenoxy) is 1. The molecule has 1 heterocycles. The molecule has 4 aliphatic rings. The number of rotatable bonds is 7. The number of aromatic nitrogens is 2. The first-order valence-electron chi connectivity index (χ1n) is 9.09. The summed E-state index contributed by atoms with van der Waals surface area (Å²) in [6, 6.07) is 0. The van der Waals surface area contributed by atoms with Crippen LogP contribution < -0.4 is 10.6 Å². The molecule has 5 rings (SSSR count). The summed E-state index contributed by atoms with van der Waals surface area (Å²) in [5, 5.41) is 18.2. The van der Waals surface area contributed by atoms with E-state index in [2.05, 4.69) is 20.6 Å². The predicted molar refractivity (Wildman–Crippen MR) is 93.6 cm³/mol. The Labute approximate surface area is 146 Å². The molecule has 1 aromatic heterocycles. The first-order chi connectivity index (χ1) is 12.1.